The van der Waals surface area contributed by atoms with Crippen molar-refractivity contribution in [3.05, 3.63) is 54.9 Å². The lowest BCUT2D eigenvalue weighted by molar-refractivity contribution is 0.408. The van der Waals surface area contributed by atoms with Gasteiger partial charge in [-0.05, 0) is 24.3 Å². The molecule has 0 amide bonds. The molecule has 0 saturated heterocycles. The van der Waals surface area contributed by atoms with Crippen LogP contribution in [-0.2, 0) is 0 Å². The number of nitrogens with zero attached hydrogens (tertiary/aromatic N) is 3. The van der Waals surface area contributed by atoms with E-state index in [2.05, 4.69) is 10.1 Å². The average molecular weight is 282 g/mol. The maximum absolute atomic E-state index is 5.95. The number of hydrogen-bond acceptors (Lipinski definition) is 5. The standard InChI is InChI=1S/C15H14N4O2/c1-20-12-8-5-9-13(14(12)16)21-15-17-10-19(18-15)11-6-3-2-4-7-11/h2-10H,16H2,1H3. The summed E-state index contributed by atoms with van der Waals surface area (Å²) in [6, 6.07) is 15.2. The molecule has 6 heteroatoms. The summed E-state index contributed by atoms with van der Waals surface area (Å²) in [5.41, 5.74) is 7.26. The van der Waals surface area contributed by atoms with E-state index < -0.39 is 0 Å². The average Bonchev–Trinajstić information content (AvgIpc) is 2.99. The van der Waals surface area contributed by atoms with Crippen LogP contribution in [0.3, 0.4) is 0 Å². The highest BCUT2D eigenvalue weighted by Gasteiger charge is 2.10. The first-order chi connectivity index (χ1) is 10.3. The van der Waals surface area contributed by atoms with Crippen molar-refractivity contribution in [3.63, 3.8) is 0 Å². The summed E-state index contributed by atoms with van der Waals surface area (Å²) in [7, 11) is 1.55. The fraction of sp³-hybridized carbons (Fsp3) is 0.0667. The van der Waals surface area contributed by atoms with Crippen molar-refractivity contribution in [2.24, 2.45) is 0 Å². The molecule has 0 fully saturated rings. The molecule has 0 saturated carbocycles. The number of nitrogen functional groups attached to an aromatic ring is 1. The Hall–Kier alpha value is -3.02. The third kappa shape index (κ3) is 2.64. The third-order valence-corrected chi connectivity index (χ3v) is 2.94. The maximum Gasteiger partial charge on any atom is 0.341 e. The molecule has 1 aromatic heterocycles. The van der Waals surface area contributed by atoms with E-state index in [9.17, 15) is 0 Å². The highest BCUT2D eigenvalue weighted by atomic mass is 16.5. The van der Waals surface area contributed by atoms with Crippen molar-refractivity contribution >= 4 is 5.69 Å². The Morgan fingerprint density at radius 2 is 1.76 bits per heavy atom. The summed E-state index contributed by atoms with van der Waals surface area (Å²) >= 11 is 0. The van der Waals surface area contributed by atoms with E-state index in [0.29, 0.717) is 17.2 Å². The summed E-state index contributed by atoms with van der Waals surface area (Å²) in [6.45, 7) is 0. The van der Waals surface area contributed by atoms with Gasteiger partial charge in [0, 0.05) is 0 Å². The Morgan fingerprint density at radius 3 is 2.52 bits per heavy atom. The number of nitrogens with two attached hydrogens (primary N) is 1. The Labute approximate surface area is 121 Å². The number of para-hydroxylation sites is 2. The number of methoxy groups -OCH3 is 1. The molecule has 0 radical (unpaired) electrons. The van der Waals surface area contributed by atoms with Gasteiger partial charge in [0.1, 0.15) is 17.8 Å². The van der Waals surface area contributed by atoms with Crippen LogP contribution in [0.25, 0.3) is 5.69 Å². The summed E-state index contributed by atoms with van der Waals surface area (Å²) < 4.78 is 12.4. The van der Waals surface area contributed by atoms with Crippen molar-refractivity contribution in [1.29, 1.82) is 0 Å². The minimum absolute atomic E-state index is 0.221. The molecule has 2 aromatic carbocycles. The molecule has 106 valence electrons. The lowest BCUT2D eigenvalue weighted by Gasteiger charge is -2.08. The molecule has 1 heterocycles. The van der Waals surface area contributed by atoms with Crippen molar-refractivity contribution in [2.45, 2.75) is 0 Å². The topological polar surface area (TPSA) is 75.2 Å². The van der Waals surface area contributed by atoms with Crippen molar-refractivity contribution < 1.29 is 9.47 Å². The Balaban J connectivity index is 1.85. The van der Waals surface area contributed by atoms with E-state index in [1.54, 1.807) is 36.3 Å². The Morgan fingerprint density at radius 1 is 1.00 bits per heavy atom. The normalized spacial score (nSPS) is 10.3. The first-order valence-corrected chi connectivity index (χ1v) is 6.35. The van der Waals surface area contributed by atoms with Gasteiger partial charge in [0.15, 0.2) is 5.75 Å². The minimum Gasteiger partial charge on any atom is -0.494 e. The predicted molar refractivity (Wildman–Crippen MR) is 78.8 cm³/mol. The monoisotopic (exact) mass is 282 g/mol. The summed E-state index contributed by atoms with van der Waals surface area (Å²) in [4.78, 5) is 4.12. The van der Waals surface area contributed by atoms with Gasteiger partial charge >= 0.3 is 6.01 Å². The van der Waals surface area contributed by atoms with E-state index in [1.807, 2.05) is 30.3 Å². The van der Waals surface area contributed by atoms with Gasteiger partial charge < -0.3 is 15.2 Å². The van der Waals surface area contributed by atoms with E-state index in [1.165, 1.54) is 0 Å². The van der Waals surface area contributed by atoms with Gasteiger partial charge in [-0.2, -0.15) is 4.98 Å². The van der Waals surface area contributed by atoms with Crippen LogP contribution < -0.4 is 15.2 Å². The molecule has 0 aliphatic carbocycles. The number of aromatic nitrogens is 3. The molecule has 3 rings (SSSR count). The van der Waals surface area contributed by atoms with Gasteiger partial charge in [0.2, 0.25) is 0 Å². The van der Waals surface area contributed by atoms with Crippen molar-refractivity contribution in [3.8, 4) is 23.2 Å². The van der Waals surface area contributed by atoms with Crippen LogP contribution >= 0.6 is 0 Å². The highest BCUT2D eigenvalue weighted by Crippen LogP contribution is 2.33. The van der Waals surface area contributed by atoms with E-state index in [-0.39, 0.29) is 6.01 Å². The van der Waals surface area contributed by atoms with Crippen molar-refractivity contribution in [1.82, 2.24) is 14.8 Å². The SMILES string of the molecule is COc1cccc(Oc2ncn(-c3ccccc3)n2)c1N. The lowest BCUT2D eigenvalue weighted by Crippen LogP contribution is -1.98. The fourth-order valence-electron chi connectivity index (χ4n) is 1.89. The fourth-order valence-corrected chi connectivity index (χ4v) is 1.89. The van der Waals surface area contributed by atoms with E-state index in [0.717, 1.165) is 5.69 Å². The van der Waals surface area contributed by atoms with Crippen LogP contribution in [0, 0.1) is 0 Å². The van der Waals surface area contributed by atoms with Gasteiger partial charge in [-0.3, -0.25) is 0 Å². The second kappa shape index (κ2) is 5.54. The molecule has 0 atom stereocenters. The van der Waals surface area contributed by atoms with E-state index in [4.69, 9.17) is 15.2 Å². The Bertz CT molecular complexity index is 740. The molecule has 0 aliphatic heterocycles. The molecule has 2 N–H and O–H groups in total. The van der Waals surface area contributed by atoms with Crippen molar-refractivity contribution in [2.75, 3.05) is 12.8 Å². The maximum atomic E-state index is 5.95. The highest BCUT2D eigenvalue weighted by molar-refractivity contribution is 5.63. The third-order valence-electron chi connectivity index (χ3n) is 2.94. The molecule has 0 aliphatic rings. The summed E-state index contributed by atoms with van der Waals surface area (Å²) in [6.07, 6.45) is 1.58. The van der Waals surface area contributed by atoms with E-state index >= 15 is 0 Å². The molecule has 6 nitrogen and oxygen atoms in total. The summed E-state index contributed by atoms with van der Waals surface area (Å²) in [5.74, 6) is 1.01. The first-order valence-electron chi connectivity index (χ1n) is 6.35. The van der Waals surface area contributed by atoms with Crippen LogP contribution in [0.4, 0.5) is 5.69 Å². The van der Waals surface area contributed by atoms with Gasteiger partial charge in [-0.25, -0.2) is 4.68 Å². The second-order valence-corrected chi connectivity index (χ2v) is 4.28. The molecular weight excluding hydrogens is 268 g/mol. The molecule has 0 unspecified atom stereocenters. The zero-order valence-electron chi connectivity index (χ0n) is 11.4. The number of hydrogen-bond donors (Lipinski definition) is 1. The quantitative estimate of drug-likeness (QED) is 0.744. The largest absolute Gasteiger partial charge is 0.494 e. The molecule has 3 aromatic rings. The first kappa shape index (κ1) is 13.0. The minimum atomic E-state index is 0.221. The zero-order chi connectivity index (χ0) is 14.7. The lowest BCUT2D eigenvalue weighted by atomic mass is 10.3. The van der Waals surface area contributed by atoms with Gasteiger partial charge in [-0.1, -0.05) is 24.3 Å². The number of rotatable bonds is 4. The van der Waals surface area contributed by atoms with Gasteiger partial charge in [-0.15, -0.1) is 5.10 Å². The van der Waals surface area contributed by atoms with Gasteiger partial charge in [0.05, 0.1) is 12.8 Å². The van der Waals surface area contributed by atoms with Crippen LogP contribution in [0.2, 0.25) is 0 Å². The smallest absolute Gasteiger partial charge is 0.341 e. The van der Waals surface area contributed by atoms with Crippen LogP contribution in [0.1, 0.15) is 0 Å². The number of benzene rings is 2. The van der Waals surface area contributed by atoms with Crippen LogP contribution in [0.5, 0.6) is 17.5 Å². The Kier molecular flexibility index (Phi) is 3.42. The summed E-state index contributed by atoms with van der Waals surface area (Å²) in [5, 5.41) is 4.26. The zero-order valence-corrected chi connectivity index (χ0v) is 11.4. The predicted octanol–water partition coefficient (Wildman–Crippen LogP) is 2.65. The van der Waals surface area contributed by atoms with Crippen LogP contribution in [0.15, 0.2) is 54.9 Å². The molecule has 0 bridgehead atoms. The number of ether oxygens (including phenoxy) is 2. The second-order valence-electron chi connectivity index (χ2n) is 4.28. The molecule has 0 spiro atoms. The van der Waals surface area contributed by atoms with Crippen LogP contribution in [-0.4, -0.2) is 21.9 Å². The molecular formula is C15H14N4O2. The molecule has 21 heavy (non-hydrogen) atoms. The van der Waals surface area contributed by atoms with Gasteiger partial charge in [0.25, 0.3) is 0 Å². The number of anilines is 1.